The zero-order chi connectivity index (χ0) is 19.6. The quantitative estimate of drug-likeness (QED) is 0.564. The highest BCUT2D eigenvalue weighted by Gasteiger charge is 2.36. The number of rotatable bonds is 6. The van der Waals surface area contributed by atoms with E-state index in [1.165, 1.54) is 6.92 Å². The van der Waals surface area contributed by atoms with Crippen LogP contribution in [0.4, 0.5) is 10.8 Å². The fourth-order valence-electron chi connectivity index (χ4n) is 2.70. The van der Waals surface area contributed by atoms with Crippen LogP contribution in [0.3, 0.4) is 0 Å². The number of amides is 2. The largest absolute Gasteiger partial charge is 0.549 e. The first-order valence-electron chi connectivity index (χ1n) is 8.23. The summed E-state index contributed by atoms with van der Waals surface area (Å²) in [5.74, 6) is -2.08. The van der Waals surface area contributed by atoms with Gasteiger partial charge in [0, 0.05) is 23.9 Å². The molecule has 1 fully saturated rings. The second kappa shape index (κ2) is 8.05. The van der Waals surface area contributed by atoms with E-state index in [4.69, 9.17) is 0 Å². The topological polar surface area (TPSA) is 115 Å². The van der Waals surface area contributed by atoms with Crippen molar-refractivity contribution >= 4 is 51.7 Å². The van der Waals surface area contributed by atoms with Crippen LogP contribution in [0, 0.1) is 12.8 Å². The van der Waals surface area contributed by atoms with Gasteiger partial charge in [-0.3, -0.25) is 9.59 Å². The molecule has 2 amide bonds. The second-order valence-electron chi connectivity index (χ2n) is 6.13. The lowest BCUT2D eigenvalue weighted by atomic mass is 10.1. The average Bonchev–Trinajstić information content (AvgIpc) is 3.22. The molecule has 0 radical (unpaired) electrons. The molecule has 1 aromatic heterocycles. The van der Waals surface area contributed by atoms with E-state index in [0.29, 0.717) is 10.9 Å². The molecule has 1 aromatic carbocycles. The van der Waals surface area contributed by atoms with Crippen LogP contribution in [0.1, 0.15) is 18.9 Å². The van der Waals surface area contributed by atoms with Gasteiger partial charge in [0.05, 0.1) is 11.9 Å². The lowest BCUT2D eigenvalue weighted by molar-refractivity contribution is -0.304. The standard InChI is InChI=1S/C17H18N4O4S2/c1-9-5-3-4-6-12(9)21-8-11(7-13(21)22)14(23)18-16-19-20-17(27-16)26-10(2)15(24)25/h3-6,10-11H,7-8H2,1-2H3,(H,24,25)(H,18,19,23)/p-1/t10-,11-/m0/s1. The number of carboxylic acid groups (broad SMARTS) is 1. The maximum absolute atomic E-state index is 12.5. The molecule has 2 aromatic rings. The minimum absolute atomic E-state index is 0.0965. The monoisotopic (exact) mass is 405 g/mol. The molecule has 10 heteroatoms. The Labute approximate surface area is 164 Å². The predicted octanol–water partition coefficient (Wildman–Crippen LogP) is 1.07. The van der Waals surface area contributed by atoms with E-state index in [9.17, 15) is 19.5 Å². The average molecular weight is 405 g/mol. The van der Waals surface area contributed by atoms with Gasteiger partial charge in [0.2, 0.25) is 16.9 Å². The van der Waals surface area contributed by atoms with E-state index in [-0.39, 0.29) is 23.4 Å². The van der Waals surface area contributed by atoms with Crippen molar-refractivity contribution in [1.29, 1.82) is 0 Å². The summed E-state index contributed by atoms with van der Waals surface area (Å²) in [6.45, 7) is 3.71. The van der Waals surface area contributed by atoms with Crippen molar-refractivity contribution in [3.8, 4) is 0 Å². The van der Waals surface area contributed by atoms with Crippen molar-refractivity contribution in [2.24, 2.45) is 5.92 Å². The van der Waals surface area contributed by atoms with Gasteiger partial charge < -0.3 is 20.1 Å². The Morgan fingerprint density at radius 3 is 2.81 bits per heavy atom. The minimum Gasteiger partial charge on any atom is -0.549 e. The number of thioether (sulfide) groups is 1. The number of hydrogen-bond acceptors (Lipinski definition) is 8. The van der Waals surface area contributed by atoms with E-state index in [1.54, 1.807) is 4.90 Å². The second-order valence-corrected chi connectivity index (χ2v) is 8.70. The molecule has 1 saturated heterocycles. The summed E-state index contributed by atoms with van der Waals surface area (Å²) in [5.41, 5.74) is 1.78. The van der Waals surface area contributed by atoms with Gasteiger partial charge >= 0.3 is 0 Å². The molecule has 1 aliphatic heterocycles. The molecule has 142 valence electrons. The number of nitrogens with zero attached hydrogens (tertiary/aromatic N) is 3. The molecular formula is C17H17N4O4S2-. The van der Waals surface area contributed by atoms with Crippen molar-refractivity contribution in [3.05, 3.63) is 29.8 Å². The van der Waals surface area contributed by atoms with Gasteiger partial charge in [0.1, 0.15) is 0 Å². The van der Waals surface area contributed by atoms with Crippen LogP contribution in [0.15, 0.2) is 28.6 Å². The van der Waals surface area contributed by atoms with Gasteiger partial charge in [-0.25, -0.2) is 0 Å². The number of carbonyl (C=O) groups is 3. The first kappa shape index (κ1) is 19.3. The summed E-state index contributed by atoms with van der Waals surface area (Å²) in [6, 6.07) is 7.54. The minimum atomic E-state index is -1.19. The van der Waals surface area contributed by atoms with Gasteiger partial charge in [-0.1, -0.05) is 41.3 Å². The van der Waals surface area contributed by atoms with Crippen LogP contribution in [0.25, 0.3) is 0 Å². The Morgan fingerprint density at radius 1 is 1.37 bits per heavy atom. The molecule has 0 spiro atoms. The van der Waals surface area contributed by atoms with Crippen LogP contribution in [0.2, 0.25) is 0 Å². The van der Waals surface area contributed by atoms with Crippen LogP contribution in [0.5, 0.6) is 0 Å². The van der Waals surface area contributed by atoms with Crippen molar-refractivity contribution in [3.63, 3.8) is 0 Å². The van der Waals surface area contributed by atoms with Crippen molar-refractivity contribution in [1.82, 2.24) is 10.2 Å². The molecule has 0 bridgehead atoms. The Balaban J connectivity index is 1.62. The van der Waals surface area contributed by atoms with E-state index in [0.717, 1.165) is 34.3 Å². The van der Waals surface area contributed by atoms with Gasteiger partial charge in [0.15, 0.2) is 4.34 Å². The number of carboxylic acids is 1. The van der Waals surface area contributed by atoms with Crippen molar-refractivity contribution in [2.45, 2.75) is 29.9 Å². The number of para-hydroxylation sites is 1. The summed E-state index contributed by atoms with van der Waals surface area (Å²) < 4.78 is 0.422. The number of anilines is 2. The third kappa shape index (κ3) is 4.45. The number of nitrogens with one attached hydrogen (secondary N) is 1. The normalized spacial score (nSPS) is 17.8. The van der Waals surface area contributed by atoms with Crippen LogP contribution in [-0.2, 0) is 14.4 Å². The summed E-state index contributed by atoms with van der Waals surface area (Å²) in [7, 11) is 0. The Bertz CT molecular complexity index is 885. The first-order valence-corrected chi connectivity index (χ1v) is 9.92. The smallest absolute Gasteiger partial charge is 0.231 e. The molecule has 27 heavy (non-hydrogen) atoms. The SMILES string of the molecule is Cc1ccccc1N1C[C@@H](C(=O)Nc2nnc(S[C@@H](C)C(=O)[O-])s2)CC1=O. The molecule has 0 aliphatic carbocycles. The maximum Gasteiger partial charge on any atom is 0.231 e. The van der Waals surface area contributed by atoms with Crippen molar-refractivity contribution < 1.29 is 19.5 Å². The molecule has 0 saturated carbocycles. The molecule has 2 heterocycles. The van der Waals surface area contributed by atoms with Gasteiger partial charge in [0.25, 0.3) is 0 Å². The van der Waals surface area contributed by atoms with E-state index in [2.05, 4.69) is 15.5 Å². The lowest BCUT2D eigenvalue weighted by Gasteiger charge is -2.18. The number of aliphatic carboxylic acids is 1. The highest BCUT2D eigenvalue weighted by Crippen LogP contribution is 2.31. The molecule has 2 atom stereocenters. The number of carbonyl (C=O) groups excluding carboxylic acids is 3. The highest BCUT2D eigenvalue weighted by molar-refractivity contribution is 8.02. The molecule has 0 unspecified atom stereocenters. The van der Waals surface area contributed by atoms with Crippen LogP contribution in [-0.4, -0.2) is 39.8 Å². The zero-order valence-corrected chi connectivity index (χ0v) is 16.3. The lowest BCUT2D eigenvalue weighted by Crippen LogP contribution is -2.31. The van der Waals surface area contributed by atoms with Crippen molar-refractivity contribution in [2.75, 3.05) is 16.8 Å². The first-order chi connectivity index (χ1) is 12.8. The summed E-state index contributed by atoms with van der Waals surface area (Å²) in [4.78, 5) is 37.2. The maximum atomic E-state index is 12.5. The van der Waals surface area contributed by atoms with E-state index < -0.39 is 17.1 Å². The fraction of sp³-hybridized carbons (Fsp3) is 0.353. The molecule has 1 N–H and O–H groups in total. The third-order valence-corrected chi connectivity index (χ3v) is 6.15. The molecular weight excluding hydrogens is 388 g/mol. The summed E-state index contributed by atoms with van der Waals surface area (Å²) in [5, 5.41) is 20.7. The third-order valence-electron chi connectivity index (χ3n) is 4.15. The molecule has 1 aliphatic rings. The van der Waals surface area contributed by atoms with E-state index >= 15 is 0 Å². The summed E-state index contributed by atoms with van der Waals surface area (Å²) in [6.07, 6.45) is 0.127. The number of aryl methyl sites for hydroxylation is 1. The Hall–Kier alpha value is -2.46. The molecule has 3 rings (SSSR count). The van der Waals surface area contributed by atoms with Gasteiger partial charge in [-0.05, 0) is 25.5 Å². The van der Waals surface area contributed by atoms with Crippen LogP contribution < -0.4 is 15.3 Å². The Kier molecular flexibility index (Phi) is 5.76. The van der Waals surface area contributed by atoms with Gasteiger partial charge in [-0.2, -0.15) is 0 Å². The summed E-state index contributed by atoms with van der Waals surface area (Å²) >= 11 is 2.09. The predicted molar refractivity (Wildman–Crippen MR) is 101 cm³/mol. The van der Waals surface area contributed by atoms with E-state index in [1.807, 2.05) is 31.2 Å². The Morgan fingerprint density at radius 2 is 2.11 bits per heavy atom. The highest BCUT2D eigenvalue weighted by atomic mass is 32.2. The zero-order valence-electron chi connectivity index (χ0n) is 14.7. The number of aromatic nitrogens is 2. The number of benzene rings is 1. The van der Waals surface area contributed by atoms with Crippen LogP contribution >= 0.6 is 23.1 Å². The number of hydrogen-bond donors (Lipinski definition) is 1. The van der Waals surface area contributed by atoms with Gasteiger partial charge in [-0.15, -0.1) is 10.2 Å². The fourth-order valence-corrected chi connectivity index (χ4v) is 4.53. The molecule has 8 nitrogen and oxygen atoms in total.